The van der Waals surface area contributed by atoms with E-state index in [0.717, 1.165) is 16.7 Å². The van der Waals surface area contributed by atoms with Crippen molar-refractivity contribution in [3.8, 4) is 11.4 Å². The van der Waals surface area contributed by atoms with E-state index in [2.05, 4.69) is 62.9 Å². The maximum absolute atomic E-state index is 4.07. The molecule has 0 saturated heterocycles. The SMILES string of the molecule is c1c(C2=NNNN2)cc(C2N=NN=N2)cc1-c1nn[nH]n1. The number of tetrazole rings is 1. The Bertz CT molecular complexity index is 732. The molecule has 104 valence electrons. The van der Waals surface area contributed by atoms with E-state index in [1.807, 2.05) is 18.2 Å². The third-order valence-electron chi connectivity index (χ3n) is 2.90. The van der Waals surface area contributed by atoms with Crippen LogP contribution in [0.3, 0.4) is 0 Å². The van der Waals surface area contributed by atoms with Crippen molar-refractivity contribution in [1.82, 2.24) is 37.1 Å². The van der Waals surface area contributed by atoms with Crippen molar-refractivity contribution in [3.05, 3.63) is 29.3 Å². The summed E-state index contributed by atoms with van der Waals surface area (Å²) in [6.45, 7) is 0. The summed E-state index contributed by atoms with van der Waals surface area (Å²) >= 11 is 0. The van der Waals surface area contributed by atoms with Gasteiger partial charge in [0.1, 0.15) is 0 Å². The first kappa shape index (κ1) is 11.5. The number of H-pyrrole nitrogens is 1. The number of aromatic amines is 1. The highest BCUT2D eigenvalue weighted by atomic mass is 15.8. The highest BCUT2D eigenvalue weighted by Crippen LogP contribution is 2.28. The van der Waals surface area contributed by atoms with Gasteiger partial charge in [0.05, 0.1) is 0 Å². The summed E-state index contributed by atoms with van der Waals surface area (Å²) in [6, 6.07) is 5.62. The molecule has 3 heterocycles. The Hall–Kier alpha value is -3.28. The van der Waals surface area contributed by atoms with Crippen LogP contribution in [-0.2, 0) is 0 Å². The normalized spacial score (nSPS) is 16.9. The zero-order chi connectivity index (χ0) is 14.1. The van der Waals surface area contributed by atoms with Gasteiger partial charge in [0, 0.05) is 16.7 Å². The molecule has 0 unspecified atom stereocenters. The molecule has 12 nitrogen and oxygen atoms in total. The molecule has 0 fully saturated rings. The van der Waals surface area contributed by atoms with E-state index in [1.54, 1.807) is 0 Å². The summed E-state index contributed by atoms with van der Waals surface area (Å²) in [6.07, 6.45) is -0.474. The molecule has 4 N–H and O–H groups in total. The lowest BCUT2D eigenvalue weighted by molar-refractivity contribution is 0.577. The van der Waals surface area contributed by atoms with Crippen molar-refractivity contribution in [2.45, 2.75) is 6.17 Å². The monoisotopic (exact) mass is 284 g/mol. The molecule has 2 aliphatic rings. The Labute approximate surface area is 116 Å². The molecule has 0 amide bonds. The molecular formula is C9H8N12. The smallest absolute Gasteiger partial charge is 0.210 e. The van der Waals surface area contributed by atoms with E-state index in [1.165, 1.54) is 0 Å². The molecule has 0 saturated carbocycles. The number of hydrogen-bond acceptors (Lipinski definition) is 11. The molecule has 2 aliphatic heterocycles. The molecule has 1 aromatic heterocycles. The maximum Gasteiger partial charge on any atom is 0.210 e. The first-order valence-electron chi connectivity index (χ1n) is 5.93. The van der Waals surface area contributed by atoms with Gasteiger partial charge in [-0.15, -0.1) is 31.1 Å². The van der Waals surface area contributed by atoms with Gasteiger partial charge in [0.15, 0.2) is 5.84 Å². The number of hydrazine groups is 2. The van der Waals surface area contributed by atoms with Gasteiger partial charge >= 0.3 is 0 Å². The van der Waals surface area contributed by atoms with Crippen molar-refractivity contribution < 1.29 is 0 Å². The van der Waals surface area contributed by atoms with Gasteiger partial charge in [-0.25, -0.2) is 5.53 Å². The summed E-state index contributed by atoms with van der Waals surface area (Å²) in [5.41, 5.74) is 10.5. The van der Waals surface area contributed by atoms with Crippen molar-refractivity contribution in [2.75, 3.05) is 0 Å². The van der Waals surface area contributed by atoms with Crippen LogP contribution in [0.15, 0.2) is 44.0 Å². The van der Waals surface area contributed by atoms with Crippen LogP contribution in [0.2, 0.25) is 0 Å². The second-order valence-electron chi connectivity index (χ2n) is 4.18. The summed E-state index contributed by atoms with van der Waals surface area (Å²) in [5.74, 6) is 1.08. The molecule has 1 aromatic carbocycles. The van der Waals surface area contributed by atoms with Gasteiger partial charge < -0.3 is 0 Å². The lowest BCUT2D eigenvalue weighted by Crippen LogP contribution is -2.35. The molecule has 2 aromatic rings. The fourth-order valence-electron chi connectivity index (χ4n) is 1.99. The van der Waals surface area contributed by atoms with Crippen molar-refractivity contribution >= 4 is 5.84 Å². The van der Waals surface area contributed by atoms with Crippen LogP contribution < -0.4 is 16.5 Å². The topological polar surface area (TPSA) is 152 Å². The van der Waals surface area contributed by atoms with E-state index < -0.39 is 6.17 Å². The first-order valence-corrected chi connectivity index (χ1v) is 5.93. The van der Waals surface area contributed by atoms with Gasteiger partial charge in [-0.1, -0.05) is 0 Å². The van der Waals surface area contributed by atoms with Crippen LogP contribution in [0.25, 0.3) is 11.4 Å². The van der Waals surface area contributed by atoms with E-state index in [0.29, 0.717) is 11.7 Å². The molecule has 0 aliphatic carbocycles. The van der Waals surface area contributed by atoms with Gasteiger partial charge in [0.25, 0.3) is 0 Å². The Kier molecular flexibility index (Phi) is 2.57. The van der Waals surface area contributed by atoms with Gasteiger partial charge in [0.2, 0.25) is 12.0 Å². The van der Waals surface area contributed by atoms with Crippen molar-refractivity contribution in [2.24, 2.45) is 25.8 Å². The Morgan fingerprint density at radius 1 is 1.00 bits per heavy atom. The number of hydrazone groups is 1. The Morgan fingerprint density at radius 3 is 2.57 bits per heavy atom. The van der Waals surface area contributed by atoms with E-state index in [4.69, 9.17) is 0 Å². The zero-order valence-corrected chi connectivity index (χ0v) is 10.4. The van der Waals surface area contributed by atoms with Crippen molar-refractivity contribution in [1.29, 1.82) is 0 Å². The number of amidine groups is 1. The predicted molar refractivity (Wildman–Crippen MR) is 68.0 cm³/mol. The lowest BCUT2D eigenvalue weighted by atomic mass is 10.0. The summed E-state index contributed by atoms with van der Waals surface area (Å²) in [7, 11) is 0. The molecule has 4 rings (SSSR count). The molecule has 0 atom stereocenters. The number of rotatable bonds is 3. The summed E-state index contributed by atoms with van der Waals surface area (Å²) < 4.78 is 0. The third kappa shape index (κ3) is 2.08. The van der Waals surface area contributed by atoms with Gasteiger partial charge in [-0.2, -0.15) is 5.21 Å². The predicted octanol–water partition coefficient (Wildman–Crippen LogP) is -0.0277. The lowest BCUT2D eigenvalue weighted by Gasteiger charge is -2.08. The van der Waals surface area contributed by atoms with E-state index in [-0.39, 0.29) is 0 Å². The highest BCUT2D eigenvalue weighted by molar-refractivity contribution is 6.00. The number of hydrogen-bond donors (Lipinski definition) is 4. The fraction of sp³-hybridized carbons (Fsp3) is 0.111. The Morgan fingerprint density at radius 2 is 1.86 bits per heavy atom. The minimum atomic E-state index is -0.474. The van der Waals surface area contributed by atoms with Crippen LogP contribution in [-0.4, -0.2) is 26.5 Å². The average Bonchev–Trinajstić information content (AvgIpc) is 3.29. The number of nitrogens with zero attached hydrogens (tertiary/aromatic N) is 8. The second-order valence-corrected chi connectivity index (χ2v) is 4.18. The summed E-state index contributed by atoms with van der Waals surface area (Å²) in [5, 5.41) is 32.9. The average molecular weight is 284 g/mol. The quantitative estimate of drug-likeness (QED) is 0.621. The minimum Gasteiger partial charge on any atom is -0.285 e. The second kappa shape index (κ2) is 4.68. The minimum absolute atomic E-state index is 0.462. The number of benzene rings is 1. The largest absolute Gasteiger partial charge is 0.285 e. The number of aromatic nitrogens is 4. The van der Waals surface area contributed by atoms with Crippen LogP contribution in [0.1, 0.15) is 17.3 Å². The van der Waals surface area contributed by atoms with Crippen LogP contribution in [0, 0.1) is 0 Å². The fourth-order valence-corrected chi connectivity index (χ4v) is 1.99. The first-order chi connectivity index (χ1) is 10.4. The maximum atomic E-state index is 4.07. The van der Waals surface area contributed by atoms with Crippen LogP contribution in [0.4, 0.5) is 0 Å². The highest BCUT2D eigenvalue weighted by Gasteiger charge is 2.19. The molecule has 12 heteroatoms. The van der Waals surface area contributed by atoms with E-state index in [9.17, 15) is 0 Å². The Balaban J connectivity index is 1.83. The molecule has 0 radical (unpaired) electrons. The molecular weight excluding hydrogens is 276 g/mol. The standard InChI is InChI=1S/C9H8N12/c1-4(7-10-16-17-11-7)2-6(9-14-20-21-15-9)3-5(1)8-12-18-19-13-8/h1-3,7,18-19H,(H,12,13)(H,14,15,20,21). The molecule has 0 bridgehead atoms. The van der Waals surface area contributed by atoms with E-state index >= 15 is 0 Å². The van der Waals surface area contributed by atoms with Crippen LogP contribution >= 0.6 is 0 Å². The van der Waals surface area contributed by atoms with Crippen LogP contribution in [0.5, 0.6) is 0 Å². The van der Waals surface area contributed by atoms with Crippen molar-refractivity contribution in [3.63, 3.8) is 0 Å². The molecule has 21 heavy (non-hydrogen) atoms. The third-order valence-corrected chi connectivity index (χ3v) is 2.90. The summed E-state index contributed by atoms with van der Waals surface area (Å²) in [4.78, 5) is 0. The number of nitrogens with one attached hydrogen (secondary N) is 4. The molecule has 0 spiro atoms. The zero-order valence-electron chi connectivity index (χ0n) is 10.4. The van der Waals surface area contributed by atoms with Gasteiger partial charge in [-0.05, 0) is 33.9 Å². The van der Waals surface area contributed by atoms with Gasteiger partial charge in [-0.3, -0.25) is 5.43 Å².